The van der Waals surface area contributed by atoms with E-state index in [0.29, 0.717) is 28.1 Å². The highest BCUT2D eigenvalue weighted by Crippen LogP contribution is 2.46. The lowest BCUT2D eigenvalue weighted by Crippen LogP contribution is -2.45. The minimum atomic E-state index is -3.98. The molecule has 0 aromatic heterocycles. The summed E-state index contributed by atoms with van der Waals surface area (Å²) in [6.07, 6.45) is 3.12. The minimum absolute atomic E-state index is 0.107. The van der Waals surface area contributed by atoms with Crippen LogP contribution in [0.4, 0.5) is 0 Å². The molecule has 0 aliphatic carbocycles. The average Bonchev–Trinajstić information content (AvgIpc) is 3.36. The largest absolute Gasteiger partial charge is 0.460 e. The van der Waals surface area contributed by atoms with E-state index in [-0.39, 0.29) is 18.0 Å². The smallest absolute Gasteiger partial charge is 0.320 e. The number of halogens is 1. The van der Waals surface area contributed by atoms with Gasteiger partial charge in [-0.3, -0.25) is 10.1 Å². The summed E-state index contributed by atoms with van der Waals surface area (Å²) < 4.78 is 35.8. The van der Waals surface area contributed by atoms with Gasteiger partial charge in [0.2, 0.25) is 10.0 Å². The molecule has 222 valence electrons. The molecule has 42 heavy (non-hydrogen) atoms. The molecule has 0 saturated heterocycles. The van der Waals surface area contributed by atoms with Gasteiger partial charge in [0.1, 0.15) is 12.9 Å². The number of nitrogens with zero attached hydrogens (tertiary/aromatic N) is 1. The van der Waals surface area contributed by atoms with E-state index in [1.54, 1.807) is 49.4 Å². The summed E-state index contributed by atoms with van der Waals surface area (Å²) in [6.45, 7) is 7.46. The number of hydrogen-bond donors (Lipinski definition) is 1. The van der Waals surface area contributed by atoms with Crippen molar-refractivity contribution >= 4 is 33.9 Å². The molecule has 0 bridgehead atoms. The van der Waals surface area contributed by atoms with E-state index in [1.807, 2.05) is 63.2 Å². The van der Waals surface area contributed by atoms with Crippen LogP contribution in [0.5, 0.6) is 0 Å². The van der Waals surface area contributed by atoms with Crippen LogP contribution in [-0.2, 0) is 30.8 Å². The summed E-state index contributed by atoms with van der Waals surface area (Å²) in [5, 5.41) is 3.48. The number of hydrogen-bond acceptors (Lipinski definition) is 6. The van der Waals surface area contributed by atoms with Crippen LogP contribution in [0.15, 0.2) is 95.4 Å². The first kappa shape index (κ1) is 31.6. The lowest BCUT2D eigenvalue weighted by molar-refractivity contribution is -0.141. The van der Waals surface area contributed by atoms with Gasteiger partial charge < -0.3 is 9.53 Å². The normalized spacial score (nSPS) is 18.4. The zero-order chi connectivity index (χ0) is 30.5. The van der Waals surface area contributed by atoms with E-state index in [9.17, 15) is 18.0 Å². The summed E-state index contributed by atoms with van der Waals surface area (Å²) in [4.78, 5) is 24.7. The lowest BCUT2D eigenvalue weighted by Gasteiger charge is -2.37. The summed E-state index contributed by atoms with van der Waals surface area (Å²) >= 11 is 6.18. The lowest BCUT2D eigenvalue weighted by atomic mass is 9.87. The number of aldehydes is 1. The molecule has 1 heterocycles. The van der Waals surface area contributed by atoms with Gasteiger partial charge in [0.05, 0.1) is 23.5 Å². The monoisotopic (exact) mass is 608 g/mol. The van der Waals surface area contributed by atoms with Crippen LogP contribution < -0.4 is 5.32 Å². The van der Waals surface area contributed by atoms with E-state index in [4.69, 9.17) is 16.3 Å². The SMILES string of the molecule is Cc1ccccc1S(=O)(=O)N1C(c2ccc(Cl)cc2)C(COC(=O)CN[C@H](C=O)Cc2ccccc2)=CC1C(C)(C)C. The van der Waals surface area contributed by atoms with Gasteiger partial charge in [-0.2, -0.15) is 4.31 Å². The Morgan fingerprint density at radius 3 is 2.29 bits per heavy atom. The molecule has 2 unspecified atom stereocenters. The number of carbonyl (C=O) groups is 2. The third kappa shape index (κ3) is 7.36. The first-order chi connectivity index (χ1) is 19.9. The van der Waals surface area contributed by atoms with Crippen LogP contribution in [0, 0.1) is 12.3 Å². The van der Waals surface area contributed by atoms with Gasteiger partial charge in [0.15, 0.2) is 0 Å². The Labute approximate surface area is 253 Å². The minimum Gasteiger partial charge on any atom is -0.460 e. The van der Waals surface area contributed by atoms with E-state index >= 15 is 0 Å². The molecule has 1 aliphatic heterocycles. The van der Waals surface area contributed by atoms with Crippen LogP contribution in [0.3, 0.4) is 0 Å². The number of benzene rings is 3. The third-order valence-electron chi connectivity index (χ3n) is 7.35. The second-order valence-corrected chi connectivity index (χ2v) is 13.8. The first-order valence-electron chi connectivity index (χ1n) is 13.8. The fourth-order valence-corrected chi connectivity index (χ4v) is 7.46. The third-order valence-corrected chi connectivity index (χ3v) is 9.60. The zero-order valence-electron chi connectivity index (χ0n) is 24.3. The summed E-state index contributed by atoms with van der Waals surface area (Å²) in [5.74, 6) is -0.543. The standard InChI is InChI=1S/C33H37ClN2O5S/c1-23-10-8-9-13-29(23)42(39,40)36-30(33(2,3)4)19-26(32(36)25-14-16-27(34)17-15-25)22-41-31(38)20-35-28(21-37)18-24-11-6-5-7-12-24/h5-17,19,21,28,30,32,35H,18,20,22H2,1-4H3/t28-,30?,32?/m0/s1. The van der Waals surface area contributed by atoms with Crippen molar-refractivity contribution in [3.8, 4) is 0 Å². The number of nitrogens with one attached hydrogen (secondary N) is 1. The highest BCUT2D eigenvalue weighted by molar-refractivity contribution is 7.89. The molecule has 7 nitrogen and oxygen atoms in total. The van der Waals surface area contributed by atoms with Crippen molar-refractivity contribution < 1.29 is 22.7 Å². The zero-order valence-corrected chi connectivity index (χ0v) is 25.9. The van der Waals surface area contributed by atoms with Gasteiger partial charge in [0.25, 0.3) is 0 Å². The maximum absolute atomic E-state index is 14.3. The maximum Gasteiger partial charge on any atom is 0.320 e. The highest BCUT2D eigenvalue weighted by atomic mass is 35.5. The molecule has 1 aliphatic rings. The fourth-order valence-electron chi connectivity index (χ4n) is 5.17. The highest BCUT2D eigenvalue weighted by Gasteiger charge is 2.48. The van der Waals surface area contributed by atoms with Crippen molar-refractivity contribution in [3.63, 3.8) is 0 Å². The van der Waals surface area contributed by atoms with Crippen molar-refractivity contribution in [2.75, 3.05) is 13.2 Å². The molecule has 0 saturated carbocycles. The van der Waals surface area contributed by atoms with Gasteiger partial charge in [-0.15, -0.1) is 0 Å². The number of esters is 1. The molecule has 0 fully saturated rings. The van der Waals surface area contributed by atoms with E-state index in [2.05, 4.69) is 5.32 Å². The van der Waals surface area contributed by atoms with Crippen LogP contribution in [0.25, 0.3) is 0 Å². The van der Waals surface area contributed by atoms with Gasteiger partial charge in [-0.25, -0.2) is 8.42 Å². The topological polar surface area (TPSA) is 92.8 Å². The molecular formula is C33H37ClN2O5S. The molecular weight excluding hydrogens is 572 g/mol. The van der Waals surface area contributed by atoms with Gasteiger partial charge >= 0.3 is 5.97 Å². The summed E-state index contributed by atoms with van der Waals surface area (Å²) in [5.41, 5.74) is 2.51. The molecule has 3 atom stereocenters. The predicted octanol–water partition coefficient (Wildman–Crippen LogP) is 5.68. The average molecular weight is 609 g/mol. The van der Waals surface area contributed by atoms with Crippen LogP contribution >= 0.6 is 11.6 Å². The Balaban J connectivity index is 1.59. The van der Waals surface area contributed by atoms with Crippen molar-refractivity contribution in [1.29, 1.82) is 0 Å². The summed E-state index contributed by atoms with van der Waals surface area (Å²) in [6, 6.07) is 21.7. The first-order valence-corrected chi connectivity index (χ1v) is 15.7. The number of rotatable bonds is 11. The number of ether oxygens (including phenoxy) is 1. The Bertz CT molecular complexity index is 1530. The van der Waals surface area contributed by atoms with Crippen molar-refractivity contribution in [2.45, 2.75) is 57.1 Å². The predicted molar refractivity (Wildman–Crippen MR) is 165 cm³/mol. The molecule has 0 radical (unpaired) electrons. The molecule has 1 N–H and O–H groups in total. The van der Waals surface area contributed by atoms with Crippen molar-refractivity contribution in [1.82, 2.24) is 9.62 Å². The van der Waals surface area contributed by atoms with Crippen LogP contribution in [0.1, 0.15) is 43.5 Å². The number of aryl methyl sites for hydroxylation is 1. The van der Waals surface area contributed by atoms with Crippen LogP contribution in [-0.4, -0.2) is 50.2 Å². The quantitative estimate of drug-likeness (QED) is 0.171. The van der Waals surface area contributed by atoms with Crippen molar-refractivity contribution in [2.24, 2.45) is 5.41 Å². The Kier molecular flexibility index (Phi) is 10.0. The molecule has 9 heteroatoms. The van der Waals surface area contributed by atoms with Crippen LogP contribution in [0.2, 0.25) is 5.02 Å². The Hall–Kier alpha value is -3.30. The van der Waals surface area contributed by atoms with Gasteiger partial charge in [-0.05, 0) is 59.2 Å². The molecule has 0 amide bonds. The molecule has 0 spiro atoms. The maximum atomic E-state index is 14.3. The molecule has 3 aromatic rings. The van der Waals surface area contributed by atoms with E-state index in [1.165, 1.54) is 4.31 Å². The Morgan fingerprint density at radius 2 is 1.67 bits per heavy atom. The second-order valence-electron chi connectivity index (χ2n) is 11.6. The summed E-state index contributed by atoms with van der Waals surface area (Å²) in [7, 11) is -3.98. The number of carbonyl (C=O) groups excluding carboxylic acids is 2. The van der Waals surface area contributed by atoms with E-state index < -0.39 is 39.5 Å². The molecule has 3 aromatic carbocycles. The van der Waals surface area contributed by atoms with Gasteiger partial charge in [0, 0.05) is 11.1 Å². The Morgan fingerprint density at radius 1 is 1.02 bits per heavy atom. The van der Waals surface area contributed by atoms with E-state index in [0.717, 1.165) is 11.8 Å². The molecule has 4 rings (SSSR count). The second kappa shape index (κ2) is 13.3. The number of sulfonamides is 1. The van der Waals surface area contributed by atoms with Gasteiger partial charge in [-0.1, -0.05) is 99.1 Å². The van der Waals surface area contributed by atoms with Crippen molar-refractivity contribution in [3.05, 3.63) is 112 Å². The fraction of sp³-hybridized carbons (Fsp3) is 0.333.